The number of alkyl carbamates (subject to hydrolysis) is 1. The van der Waals surface area contributed by atoms with E-state index in [2.05, 4.69) is 26.6 Å². The van der Waals surface area contributed by atoms with E-state index in [-0.39, 0.29) is 24.3 Å². The molecule has 0 aliphatic carbocycles. The highest BCUT2D eigenvalue weighted by Crippen LogP contribution is 2.22. The molecule has 5 rings (SSSR count). The van der Waals surface area contributed by atoms with Crippen molar-refractivity contribution in [3.05, 3.63) is 142 Å². The van der Waals surface area contributed by atoms with E-state index >= 15 is 0 Å². The van der Waals surface area contributed by atoms with E-state index in [0.717, 1.165) is 5.56 Å². The Labute approximate surface area is 383 Å². The summed E-state index contributed by atoms with van der Waals surface area (Å²) in [5.74, 6) is -3.73. The summed E-state index contributed by atoms with van der Waals surface area (Å²) in [5.41, 5.74) is 2.05. The Bertz CT molecular complexity index is 2540. The third kappa shape index (κ3) is 15.3. The van der Waals surface area contributed by atoms with Crippen molar-refractivity contribution in [3.63, 3.8) is 0 Å². The Morgan fingerprint density at radius 3 is 1.91 bits per heavy atom. The number of esters is 1. The van der Waals surface area contributed by atoms with E-state index in [0.29, 0.717) is 34.4 Å². The Morgan fingerprint density at radius 2 is 1.29 bits per heavy atom. The number of fused-ring (bicyclic) bond motifs is 1. The molecule has 0 aliphatic rings. The topological polar surface area (TPSA) is 220 Å². The van der Waals surface area contributed by atoms with Crippen LogP contribution in [0.3, 0.4) is 0 Å². The van der Waals surface area contributed by atoms with Crippen LogP contribution in [0.15, 0.2) is 118 Å². The minimum absolute atomic E-state index is 0.0276. The summed E-state index contributed by atoms with van der Waals surface area (Å²) < 4.78 is 22.1. The van der Waals surface area contributed by atoms with Crippen molar-refractivity contribution < 1.29 is 47.4 Å². The molecular formula is C50H57N5O11. The summed E-state index contributed by atoms with van der Waals surface area (Å²) in [7, 11) is 0. The quantitative estimate of drug-likeness (QED) is 0.0477. The smallest absolute Gasteiger partial charge is 0.408 e. The number of nitrogens with one attached hydrogen (secondary N) is 5. The molecule has 0 saturated carbocycles. The summed E-state index contributed by atoms with van der Waals surface area (Å²) in [6.45, 7) is 11.9. The van der Waals surface area contributed by atoms with E-state index in [9.17, 15) is 33.6 Å². The predicted molar refractivity (Wildman–Crippen MR) is 247 cm³/mol. The lowest BCUT2D eigenvalue weighted by molar-refractivity contribution is -0.147. The minimum Gasteiger partial charge on any atom is -0.489 e. The predicted octanol–water partition coefficient (Wildman–Crippen LogP) is 6.02. The fraction of sp³-hybridized carbons (Fsp3) is 0.340. The van der Waals surface area contributed by atoms with Gasteiger partial charge in [-0.15, -0.1) is 0 Å². The average molecular weight is 904 g/mol. The summed E-state index contributed by atoms with van der Waals surface area (Å²) in [6, 6.07) is 26.5. The van der Waals surface area contributed by atoms with Gasteiger partial charge < -0.3 is 45.2 Å². The van der Waals surface area contributed by atoms with Crippen LogP contribution in [0.1, 0.15) is 70.2 Å². The van der Waals surface area contributed by atoms with Crippen molar-refractivity contribution >= 4 is 52.3 Å². The van der Waals surface area contributed by atoms with Gasteiger partial charge in [-0.2, -0.15) is 0 Å². The van der Waals surface area contributed by atoms with Crippen LogP contribution in [-0.4, -0.2) is 65.5 Å². The van der Waals surface area contributed by atoms with E-state index in [4.69, 9.17) is 18.6 Å². The molecule has 1 aromatic heterocycles. The van der Waals surface area contributed by atoms with Gasteiger partial charge in [0.05, 0.1) is 6.42 Å². The molecule has 0 aliphatic heterocycles. The van der Waals surface area contributed by atoms with Crippen molar-refractivity contribution in [2.45, 2.75) is 104 Å². The molecular weight excluding hydrogens is 847 g/mol. The molecule has 5 N–H and O–H groups in total. The molecule has 348 valence electrons. The van der Waals surface area contributed by atoms with Gasteiger partial charge in [0, 0.05) is 29.6 Å². The number of hydrogen-bond donors (Lipinski definition) is 5. The summed E-state index contributed by atoms with van der Waals surface area (Å²) in [6.07, 6.45) is -1.39. The summed E-state index contributed by atoms with van der Waals surface area (Å²) in [5, 5.41) is 13.8. The maximum absolute atomic E-state index is 14.0. The van der Waals surface area contributed by atoms with Gasteiger partial charge in [-0.25, -0.2) is 9.59 Å². The second-order valence-corrected chi connectivity index (χ2v) is 17.1. The van der Waals surface area contributed by atoms with Crippen LogP contribution in [0.4, 0.5) is 10.5 Å². The van der Waals surface area contributed by atoms with Crippen LogP contribution in [0.5, 0.6) is 5.75 Å². The lowest BCUT2D eigenvalue weighted by atomic mass is 10.0. The molecule has 5 amide bonds. The Balaban J connectivity index is 1.26. The Morgan fingerprint density at radius 1 is 0.652 bits per heavy atom. The molecule has 4 aromatic carbocycles. The minimum atomic E-state index is -1.48. The second kappa shape index (κ2) is 22.9. The molecule has 0 bridgehead atoms. The van der Waals surface area contributed by atoms with E-state index in [1.54, 1.807) is 102 Å². The number of rotatable bonds is 19. The van der Waals surface area contributed by atoms with Gasteiger partial charge in [0.15, 0.2) is 0 Å². The molecule has 0 radical (unpaired) electrons. The van der Waals surface area contributed by atoms with Crippen LogP contribution < -0.4 is 36.9 Å². The average Bonchev–Trinajstić information content (AvgIpc) is 3.26. The van der Waals surface area contributed by atoms with Crippen LogP contribution in [0.25, 0.3) is 11.0 Å². The molecule has 16 nitrogen and oxygen atoms in total. The fourth-order valence-corrected chi connectivity index (χ4v) is 6.62. The maximum atomic E-state index is 14.0. The van der Waals surface area contributed by atoms with Gasteiger partial charge in [0.1, 0.15) is 54.3 Å². The normalized spacial score (nSPS) is 13.0. The van der Waals surface area contributed by atoms with E-state index < -0.39 is 83.4 Å². The standard InChI is InChI=1S/C50H57N5O11/c1-30(2)44(55-47(60)39(54-49(62)66-50(5,6)7)25-33-18-21-37(22-19-33)63-28-34-14-10-8-11-15-34)48(61)51-32(4)45(58)53-40(27-42(56)64-29-35-16-12-9-13-17-35)46(59)52-36-20-23-38-31(3)24-43(57)65-41(38)26-36/h8-24,26,30,32,39-40,44H,25,27-29H2,1-7H3,(H,51,61)(H,52,59)(H,53,58)(H,54,62)(H,55,60)/t32-,39-,40-,44-/m0/s1. The molecule has 0 fully saturated rings. The number of ether oxygens (including phenoxy) is 3. The highest BCUT2D eigenvalue weighted by Gasteiger charge is 2.33. The first-order valence-electron chi connectivity index (χ1n) is 21.5. The first kappa shape index (κ1) is 49.5. The third-order valence-corrected chi connectivity index (χ3v) is 10.1. The zero-order valence-corrected chi connectivity index (χ0v) is 38.1. The maximum Gasteiger partial charge on any atom is 0.408 e. The van der Waals surface area contributed by atoms with Crippen molar-refractivity contribution in [1.82, 2.24) is 21.3 Å². The molecule has 66 heavy (non-hydrogen) atoms. The van der Waals surface area contributed by atoms with Crippen molar-refractivity contribution in [1.29, 1.82) is 0 Å². The van der Waals surface area contributed by atoms with Crippen LogP contribution >= 0.6 is 0 Å². The molecule has 0 spiro atoms. The zero-order valence-electron chi connectivity index (χ0n) is 38.1. The van der Waals surface area contributed by atoms with Gasteiger partial charge in [-0.1, -0.05) is 86.6 Å². The van der Waals surface area contributed by atoms with E-state index in [1.165, 1.54) is 19.1 Å². The van der Waals surface area contributed by atoms with Crippen molar-refractivity contribution in [3.8, 4) is 5.75 Å². The number of anilines is 1. The number of carbonyl (C=O) groups is 6. The number of carbonyl (C=O) groups excluding carboxylic acids is 6. The monoisotopic (exact) mass is 903 g/mol. The lowest BCUT2D eigenvalue weighted by Crippen LogP contribution is -2.59. The molecule has 0 saturated heterocycles. The highest BCUT2D eigenvalue weighted by molar-refractivity contribution is 6.01. The molecule has 16 heteroatoms. The third-order valence-electron chi connectivity index (χ3n) is 10.1. The van der Waals surface area contributed by atoms with Crippen LogP contribution in [-0.2, 0) is 53.1 Å². The van der Waals surface area contributed by atoms with Crippen molar-refractivity contribution in [2.75, 3.05) is 5.32 Å². The van der Waals surface area contributed by atoms with Gasteiger partial charge >= 0.3 is 17.7 Å². The van der Waals surface area contributed by atoms with Gasteiger partial charge in [0.25, 0.3) is 0 Å². The van der Waals surface area contributed by atoms with Gasteiger partial charge in [-0.05, 0) is 87.1 Å². The number of aryl methyl sites for hydroxylation is 1. The number of amides is 5. The molecule has 1 heterocycles. The van der Waals surface area contributed by atoms with Crippen LogP contribution in [0.2, 0.25) is 0 Å². The molecule has 0 unspecified atom stereocenters. The first-order chi connectivity index (χ1) is 31.3. The Hall–Kier alpha value is -7.49. The van der Waals surface area contributed by atoms with Gasteiger partial charge in [0.2, 0.25) is 23.6 Å². The SMILES string of the molecule is Cc1cc(=O)oc2cc(NC(=O)[C@H](CC(=O)OCc3ccccc3)NC(=O)[C@H](C)NC(=O)[C@@H](NC(=O)[C@H](Cc3ccc(OCc4ccccc4)cc3)NC(=O)OC(C)(C)C)C(C)C)ccc12. The van der Waals surface area contributed by atoms with Crippen LogP contribution in [0, 0.1) is 12.8 Å². The number of benzene rings is 4. The highest BCUT2D eigenvalue weighted by atomic mass is 16.6. The summed E-state index contributed by atoms with van der Waals surface area (Å²) in [4.78, 5) is 93.3. The number of hydrogen-bond acceptors (Lipinski definition) is 11. The zero-order chi connectivity index (χ0) is 48.0. The summed E-state index contributed by atoms with van der Waals surface area (Å²) >= 11 is 0. The first-order valence-corrected chi connectivity index (χ1v) is 21.5. The second-order valence-electron chi connectivity index (χ2n) is 17.1. The molecule has 4 atom stereocenters. The molecule has 5 aromatic rings. The van der Waals surface area contributed by atoms with Crippen molar-refractivity contribution in [2.24, 2.45) is 5.92 Å². The van der Waals surface area contributed by atoms with E-state index in [1.807, 2.05) is 36.4 Å². The fourth-order valence-electron chi connectivity index (χ4n) is 6.62. The Kier molecular flexibility index (Phi) is 17.2. The largest absolute Gasteiger partial charge is 0.489 e. The van der Waals surface area contributed by atoms with Gasteiger partial charge in [-0.3, -0.25) is 24.0 Å². The lowest BCUT2D eigenvalue weighted by Gasteiger charge is -2.28.